The highest BCUT2D eigenvalue weighted by atomic mass is 32.2. The van der Waals surface area contributed by atoms with E-state index in [0.29, 0.717) is 10.9 Å². The molecule has 30 heavy (non-hydrogen) atoms. The Hall–Kier alpha value is -3.03. The van der Waals surface area contributed by atoms with E-state index in [-0.39, 0.29) is 5.91 Å². The predicted octanol–water partition coefficient (Wildman–Crippen LogP) is 5.75. The second-order valence-corrected chi connectivity index (χ2v) is 8.88. The molecular formula is C23H18N4OS2. The molecule has 0 atom stereocenters. The van der Waals surface area contributed by atoms with Gasteiger partial charge in [0.1, 0.15) is 0 Å². The quantitative estimate of drug-likeness (QED) is 0.332. The minimum Gasteiger partial charge on any atom is -0.354 e. The number of hydrogen-bond donors (Lipinski definition) is 1. The zero-order valence-corrected chi connectivity index (χ0v) is 17.8. The van der Waals surface area contributed by atoms with Crippen LogP contribution in [0.5, 0.6) is 0 Å². The number of amidine groups is 1. The summed E-state index contributed by atoms with van der Waals surface area (Å²) in [7, 11) is 0. The molecule has 1 N–H and O–H groups in total. The maximum absolute atomic E-state index is 12.3. The molecule has 148 valence electrons. The Morgan fingerprint density at radius 2 is 1.73 bits per heavy atom. The molecule has 5 rings (SSSR count). The summed E-state index contributed by atoms with van der Waals surface area (Å²) >= 11 is 3.17. The number of benzene rings is 3. The van der Waals surface area contributed by atoms with Crippen LogP contribution in [0.2, 0.25) is 0 Å². The Labute approximate surface area is 183 Å². The number of rotatable bonds is 3. The van der Waals surface area contributed by atoms with E-state index in [0.717, 1.165) is 28.3 Å². The minimum absolute atomic E-state index is 0.0199. The zero-order chi connectivity index (χ0) is 20.5. The van der Waals surface area contributed by atoms with Gasteiger partial charge < -0.3 is 5.32 Å². The van der Waals surface area contributed by atoms with Crippen LogP contribution >= 0.6 is 23.5 Å². The number of anilines is 3. The van der Waals surface area contributed by atoms with E-state index in [1.54, 1.807) is 16.7 Å². The van der Waals surface area contributed by atoms with Crippen LogP contribution in [0.25, 0.3) is 0 Å². The van der Waals surface area contributed by atoms with Crippen molar-refractivity contribution in [1.82, 2.24) is 0 Å². The Morgan fingerprint density at radius 3 is 2.60 bits per heavy atom. The molecule has 5 nitrogen and oxygen atoms in total. The van der Waals surface area contributed by atoms with Gasteiger partial charge in [0.15, 0.2) is 5.17 Å². The monoisotopic (exact) mass is 430 g/mol. The normalized spacial score (nSPS) is 17.0. The number of hydrogen-bond acceptors (Lipinski definition) is 6. The number of carbonyl (C=O) groups excluding carboxylic acids is 1. The summed E-state index contributed by atoms with van der Waals surface area (Å²) in [5, 5.41) is 12.9. The molecule has 1 saturated heterocycles. The maximum Gasteiger partial charge on any atom is 0.243 e. The van der Waals surface area contributed by atoms with Crippen LogP contribution in [0, 0.1) is 0 Å². The van der Waals surface area contributed by atoms with Gasteiger partial charge in [-0.2, -0.15) is 5.10 Å². The van der Waals surface area contributed by atoms with Gasteiger partial charge in [0.05, 0.1) is 28.5 Å². The fourth-order valence-electron chi connectivity index (χ4n) is 3.31. The lowest BCUT2D eigenvalue weighted by Crippen LogP contribution is -2.29. The summed E-state index contributed by atoms with van der Waals surface area (Å²) < 4.78 is 0. The summed E-state index contributed by atoms with van der Waals surface area (Å²) in [5.74, 6) is 0.397. The lowest BCUT2D eigenvalue weighted by atomic mass is 10.1. The predicted molar refractivity (Wildman–Crippen MR) is 126 cm³/mol. The van der Waals surface area contributed by atoms with Gasteiger partial charge in [-0.1, -0.05) is 59.9 Å². The average Bonchev–Trinajstić information content (AvgIpc) is 3.16. The van der Waals surface area contributed by atoms with Crippen molar-refractivity contribution in [2.45, 2.75) is 16.7 Å². The van der Waals surface area contributed by atoms with E-state index in [1.165, 1.54) is 21.6 Å². The zero-order valence-electron chi connectivity index (χ0n) is 16.2. The molecule has 2 aliphatic rings. The van der Waals surface area contributed by atoms with E-state index in [2.05, 4.69) is 45.9 Å². The third kappa shape index (κ3) is 3.62. The maximum atomic E-state index is 12.3. The van der Waals surface area contributed by atoms with Crippen molar-refractivity contribution in [3.8, 4) is 0 Å². The van der Waals surface area contributed by atoms with Crippen molar-refractivity contribution in [3.63, 3.8) is 0 Å². The minimum atomic E-state index is 0.0199. The third-order valence-corrected chi connectivity index (χ3v) is 6.90. The first kappa shape index (κ1) is 19.0. The average molecular weight is 431 g/mol. The Kier molecular flexibility index (Phi) is 5.06. The Morgan fingerprint density at radius 1 is 0.967 bits per heavy atom. The van der Waals surface area contributed by atoms with Crippen LogP contribution in [-0.4, -0.2) is 22.5 Å². The van der Waals surface area contributed by atoms with E-state index in [4.69, 9.17) is 0 Å². The highest BCUT2D eigenvalue weighted by Crippen LogP contribution is 2.44. The summed E-state index contributed by atoms with van der Waals surface area (Å²) in [4.78, 5) is 16.4. The van der Waals surface area contributed by atoms with Crippen molar-refractivity contribution >= 4 is 57.4 Å². The fourth-order valence-corrected chi connectivity index (χ4v) is 5.09. The van der Waals surface area contributed by atoms with E-state index in [9.17, 15) is 4.79 Å². The van der Waals surface area contributed by atoms with Crippen molar-refractivity contribution in [1.29, 1.82) is 0 Å². The van der Waals surface area contributed by atoms with Gasteiger partial charge in [-0.25, -0.2) is 0 Å². The van der Waals surface area contributed by atoms with Gasteiger partial charge in [0, 0.05) is 9.79 Å². The number of thioether (sulfide) groups is 1. The van der Waals surface area contributed by atoms with Crippen LogP contribution in [0.3, 0.4) is 0 Å². The summed E-state index contributed by atoms with van der Waals surface area (Å²) in [6.07, 6.45) is 0. The van der Waals surface area contributed by atoms with Crippen molar-refractivity contribution in [2.75, 3.05) is 16.0 Å². The SMILES string of the molecule is CC(=NN=C1SCC(=O)N1c1ccccc1)c1ccc2c(c1)Nc1ccccc1S2. The Bertz CT molecular complexity index is 1190. The summed E-state index contributed by atoms with van der Waals surface area (Å²) in [6.45, 7) is 1.93. The topological polar surface area (TPSA) is 57.1 Å². The molecule has 0 bridgehead atoms. The van der Waals surface area contributed by atoms with Gasteiger partial charge in [-0.15, -0.1) is 5.10 Å². The summed E-state index contributed by atoms with van der Waals surface area (Å²) in [5.41, 5.74) is 4.78. The molecule has 2 aliphatic heterocycles. The van der Waals surface area contributed by atoms with Crippen LogP contribution < -0.4 is 10.2 Å². The molecule has 1 fully saturated rings. The van der Waals surface area contributed by atoms with Crippen molar-refractivity contribution in [2.24, 2.45) is 10.2 Å². The molecule has 3 aromatic carbocycles. The van der Waals surface area contributed by atoms with E-state index < -0.39 is 0 Å². The number of para-hydroxylation sites is 2. The van der Waals surface area contributed by atoms with Gasteiger partial charge in [-0.05, 0) is 48.9 Å². The van der Waals surface area contributed by atoms with Crippen LogP contribution in [0.1, 0.15) is 12.5 Å². The smallest absolute Gasteiger partial charge is 0.243 e. The van der Waals surface area contributed by atoms with Crippen LogP contribution in [0.15, 0.2) is 92.8 Å². The second kappa shape index (κ2) is 8.01. The van der Waals surface area contributed by atoms with E-state index >= 15 is 0 Å². The molecule has 1 amide bonds. The van der Waals surface area contributed by atoms with Crippen molar-refractivity contribution < 1.29 is 4.79 Å². The highest BCUT2D eigenvalue weighted by molar-refractivity contribution is 8.15. The molecule has 7 heteroatoms. The fraction of sp³-hybridized carbons (Fsp3) is 0.0870. The van der Waals surface area contributed by atoms with E-state index in [1.807, 2.05) is 49.4 Å². The van der Waals surface area contributed by atoms with Gasteiger partial charge in [0.25, 0.3) is 0 Å². The number of nitrogens with zero attached hydrogens (tertiary/aromatic N) is 3. The lowest BCUT2D eigenvalue weighted by Gasteiger charge is -2.21. The molecule has 0 aliphatic carbocycles. The molecule has 0 aromatic heterocycles. The molecule has 0 unspecified atom stereocenters. The van der Waals surface area contributed by atoms with Gasteiger partial charge in [0.2, 0.25) is 5.91 Å². The molecule has 0 radical (unpaired) electrons. The van der Waals surface area contributed by atoms with Crippen molar-refractivity contribution in [3.05, 3.63) is 78.4 Å². The molecular weight excluding hydrogens is 412 g/mol. The standard InChI is InChI=1S/C23H18N4OS2/c1-15(25-26-23-27(22(28)14-29-23)17-7-3-2-4-8-17)16-11-12-21-19(13-16)24-18-9-5-6-10-20(18)30-21/h2-13,24H,14H2,1H3. The van der Waals surface area contributed by atoms with Gasteiger partial charge >= 0.3 is 0 Å². The summed E-state index contributed by atoms with van der Waals surface area (Å²) in [6, 6.07) is 24.1. The first-order valence-corrected chi connectivity index (χ1v) is 11.3. The number of amides is 1. The Balaban J connectivity index is 1.41. The van der Waals surface area contributed by atoms with Crippen LogP contribution in [-0.2, 0) is 4.79 Å². The number of nitrogens with one attached hydrogen (secondary N) is 1. The molecule has 3 aromatic rings. The first-order valence-electron chi connectivity index (χ1n) is 9.50. The highest BCUT2D eigenvalue weighted by Gasteiger charge is 2.29. The number of carbonyl (C=O) groups is 1. The third-order valence-electron chi connectivity index (χ3n) is 4.84. The molecule has 0 saturated carbocycles. The van der Waals surface area contributed by atoms with Crippen LogP contribution in [0.4, 0.5) is 17.1 Å². The second-order valence-electron chi connectivity index (χ2n) is 6.86. The molecule has 2 heterocycles. The first-order chi connectivity index (χ1) is 14.7. The largest absolute Gasteiger partial charge is 0.354 e. The number of fused-ring (bicyclic) bond motifs is 2. The lowest BCUT2D eigenvalue weighted by molar-refractivity contribution is -0.115. The molecule has 0 spiro atoms. The van der Waals surface area contributed by atoms with Gasteiger partial charge in [-0.3, -0.25) is 9.69 Å².